The Hall–Kier alpha value is -1.42. The second-order valence-electron chi connectivity index (χ2n) is 9.22. The van der Waals surface area contributed by atoms with Crippen molar-refractivity contribution < 1.29 is 9.59 Å². The molecule has 0 aliphatic heterocycles. The van der Waals surface area contributed by atoms with E-state index in [0.717, 1.165) is 44.1 Å². The zero-order valence-electron chi connectivity index (χ0n) is 17.3. The first kappa shape index (κ1) is 20.3. The molecule has 2 fully saturated rings. The minimum absolute atomic E-state index is 0.0209. The van der Waals surface area contributed by atoms with Crippen LogP contribution in [0.3, 0.4) is 0 Å². The van der Waals surface area contributed by atoms with E-state index in [0.29, 0.717) is 23.5 Å². The van der Waals surface area contributed by atoms with E-state index in [1.165, 1.54) is 11.1 Å². The molecule has 4 rings (SSSR count). The van der Waals surface area contributed by atoms with Crippen LogP contribution in [0.15, 0.2) is 18.2 Å². The Morgan fingerprint density at radius 2 is 1.89 bits per heavy atom. The lowest BCUT2D eigenvalue weighted by Gasteiger charge is -2.48. The molecule has 3 aliphatic rings. The lowest BCUT2D eigenvalue weighted by Crippen LogP contribution is -2.42. The molecule has 0 heterocycles. The molecule has 3 aliphatic carbocycles. The Labute approximate surface area is 165 Å². The molecule has 2 radical (unpaired) electrons. The average molecular weight is 365 g/mol. The van der Waals surface area contributed by atoms with Gasteiger partial charge in [-0.15, -0.1) is 0 Å². The van der Waals surface area contributed by atoms with E-state index in [9.17, 15) is 9.59 Å². The molecule has 0 amide bonds. The van der Waals surface area contributed by atoms with Gasteiger partial charge < -0.3 is 4.90 Å². The second-order valence-corrected chi connectivity index (χ2v) is 9.22. The number of hydrogen-bond acceptors (Lipinski definition) is 3. The highest BCUT2D eigenvalue weighted by Gasteiger charge is 2.54. The number of ketones is 2. The molecule has 1 aromatic rings. The second kappa shape index (κ2) is 7.91. The molecule has 0 spiro atoms. The largest absolute Gasteiger partial charge is 0.312 e. The molecular formula is C23H32BNO2. The van der Waals surface area contributed by atoms with Crippen LogP contribution in [0, 0.1) is 17.3 Å². The molecule has 2 saturated carbocycles. The van der Waals surface area contributed by atoms with Crippen molar-refractivity contribution >= 4 is 19.4 Å². The van der Waals surface area contributed by atoms with Crippen LogP contribution in [0.25, 0.3) is 0 Å². The third-order valence-corrected chi connectivity index (χ3v) is 6.94. The van der Waals surface area contributed by atoms with Crippen molar-refractivity contribution in [3.63, 3.8) is 0 Å². The number of carbonyl (C=O) groups excluding carboxylic acids is 2. The van der Waals surface area contributed by atoms with Crippen molar-refractivity contribution in [1.29, 1.82) is 0 Å². The molecule has 4 heteroatoms. The maximum Gasteiger partial charge on any atom is 0.154 e. The van der Waals surface area contributed by atoms with Crippen molar-refractivity contribution in [2.24, 2.45) is 17.3 Å². The van der Waals surface area contributed by atoms with Crippen LogP contribution < -0.4 is 0 Å². The average Bonchev–Trinajstić information content (AvgIpc) is 2.95. The summed E-state index contributed by atoms with van der Waals surface area (Å²) in [6.07, 6.45) is 6.26. The van der Waals surface area contributed by atoms with Crippen molar-refractivity contribution in [2.45, 2.75) is 57.7 Å². The van der Waals surface area contributed by atoms with Crippen LogP contribution in [0.1, 0.15) is 66.4 Å². The van der Waals surface area contributed by atoms with Gasteiger partial charge in [-0.3, -0.25) is 9.59 Å². The Kier molecular flexibility index (Phi) is 5.95. The Morgan fingerprint density at radius 1 is 1.19 bits per heavy atom. The summed E-state index contributed by atoms with van der Waals surface area (Å²) in [5.74, 6) is 2.30. The molecule has 0 bridgehead atoms. The predicted octanol–water partition coefficient (Wildman–Crippen LogP) is 4.06. The molecule has 0 N–H and O–H groups in total. The van der Waals surface area contributed by atoms with Gasteiger partial charge in [0.2, 0.25) is 0 Å². The summed E-state index contributed by atoms with van der Waals surface area (Å²) in [7, 11) is 11.5. The first-order valence-corrected chi connectivity index (χ1v) is 10.3. The fourth-order valence-corrected chi connectivity index (χ4v) is 5.64. The lowest BCUT2D eigenvalue weighted by molar-refractivity contribution is -0.129. The van der Waals surface area contributed by atoms with E-state index < -0.39 is 0 Å². The third kappa shape index (κ3) is 3.78. The van der Waals surface area contributed by atoms with E-state index in [4.69, 9.17) is 7.85 Å². The van der Waals surface area contributed by atoms with Gasteiger partial charge in [-0.1, -0.05) is 19.1 Å². The van der Waals surface area contributed by atoms with Gasteiger partial charge in [-0.2, -0.15) is 0 Å². The zero-order chi connectivity index (χ0) is 19.8. The van der Waals surface area contributed by atoms with Crippen LogP contribution in [0.2, 0.25) is 6.32 Å². The van der Waals surface area contributed by atoms with Gasteiger partial charge in [0, 0.05) is 17.4 Å². The van der Waals surface area contributed by atoms with Gasteiger partial charge in [0.25, 0.3) is 0 Å². The van der Waals surface area contributed by atoms with Crippen LogP contribution >= 0.6 is 0 Å². The van der Waals surface area contributed by atoms with Gasteiger partial charge in [-0.05, 0) is 94.5 Å². The Morgan fingerprint density at radius 3 is 2.56 bits per heavy atom. The van der Waals surface area contributed by atoms with Crippen LogP contribution in [-0.4, -0.2) is 45.5 Å². The van der Waals surface area contributed by atoms with Crippen molar-refractivity contribution in [2.75, 3.05) is 21.1 Å². The van der Waals surface area contributed by atoms with E-state index in [1.807, 2.05) is 32.1 Å². The van der Waals surface area contributed by atoms with Crippen LogP contribution in [0.5, 0.6) is 0 Å². The van der Waals surface area contributed by atoms with Gasteiger partial charge in [0.05, 0.1) is 7.85 Å². The highest BCUT2D eigenvalue weighted by atomic mass is 16.1. The molecule has 4 atom stereocenters. The Balaban J connectivity index is 0.000000481. The minimum Gasteiger partial charge on any atom is -0.312 e. The number of carbonyl (C=O) groups is 2. The SMILES string of the molecule is CN(C)C.[B]CC(=O)c1ccc2c(c1)CC[C@@H]1[C@@H]2CC[C@]2(C)C(=O)CC[C@@H]12. The normalized spacial score (nSPS) is 31.4. The van der Waals surface area contributed by atoms with E-state index >= 15 is 0 Å². The molecule has 0 unspecified atom stereocenters. The molecule has 27 heavy (non-hydrogen) atoms. The molecule has 3 nitrogen and oxygen atoms in total. The molecular weight excluding hydrogens is 333 g/mol. The van der Waals surface area contributed by atoms with Gasteiger partial charge in [0.15, 0.2) is 5.78 Å². The number of rotatable bonds is 2. The minimum atomic E-state index is -0.0614. The molecule has 144 valence electrons. The highest BCUT2D eigenvalue weighted by molar-refractivity contribution is 6.24. The third-order valence-electron chi connectivity index (χ3n) is 6.94. The number of Topliss-reactive ketones (excluding diaryl/α,β-unsaturated/α-hetero) is 2. The first-order valence-electron chi connectivity index (χ1n) is 10.3. The van der Waals surface area contributed by atoms with E-state index in [1.54, 1.807) is 0 Å². The smallest absolute Gasteiger partial charge is 0.154 e. The lowest BCUT2D eigenvalue weighted by atomic mass is 9.55. The fraction of sp³-hybridized carbons (Fsp3) is 0.652. The van der Waals surface area contributed by atoms with E-state index in [-0.39, 0.29) is 17.5 Å². The maximum atomic E-state index is 12.4. The first-order chi connectivity index (χ1) is 12.8. The summed E-state index contributed by atoms with van der Waals surface area (Å²) in [6, 6.07) is 6.17. The Bertz CT molecular complexity index is 726. The number of hydrogen-bond donors (Lipinski definition) is 0. The number of nitrogens with zero attached hydrogens (tertiary/aromatic N) is 1. The summed E-state index contributed by atoms with van der Waals surface area (Å²) in [4.78, 5) is 26.2. The zero-order valence-corrected chi connectivity index (χ0v) is 17.3. The molecule has 0 aromatic heterocycles. The standard InChI is InChI=1S/C20H23BO2.C3H9N/c1-20-9-8-15-14-4-3-13(18(22)11-21)10-12(14)2-5-16(15)17(20)6-7-19(20)23;1-4(2)3/h3-4,10,15-17H,2,5-9,11H2,1H3;1-3H3/t15-,16-,17+,20+;/m1./s1. The van der Waals surface area contributed by atoms with Crippen LogP contribution in [-0.2, 0) is 11.2 Å². The monoisotopic (exact) mass is 365 g/mol. The van der Waals surface area contributed by atoms with Gasteiger partial charge >= 0.3 is 0 Å². The summed E-state index contributed by atoms with van der Waals surface area (Å²) in [5.41, 5.74) is 3.45. The topological polar surface area (TPSA) is 37.4 Å². The van der Waals surface area contributed by atoms with Gasteiger partial charge in [0.1, 0.15) is 5.78 Å². The van der Waals surface area contributed by atoms with Crippen molar-refractivity contribution in [3.05, 3.63) is 34.9 Å². The van der Waals surface area contributed by atoms with Crippen molar-refractivity contribution in [3.8, 4) is 0 Å². The number of benzene rings is 1. The van der Waals surface area contributed by atoms with Crippen LogP contribution in [0.4, 0.5) is 0 Å². The van der Waals surface area contributed by atoms with E-state index in [2.05, 4.69) is 19.1 Å². The summed E-state index contributed by atoms with van der Waals surface area (Å²) >= 11 is 0. The summed E-state index contributed by atoms with van der Waals surface area (Å²) < 4.78 is 0. The predicted molar refractivity (Wildman–Crippen MR) is 111 cm³/mol. The highest BCUT2D eigenvalue weighted by Crippen LogP contribution is 2.59. The molecule has 1 aromatic carbocycles. The maximum absolute atomic E-state index is 12.4. The molecule has 0 saturated heterocycles. The summed E-state index contributed by atoms with van der Waals surface area (Å²) in [6.45, 7) is 2.21. The van der Waals surface area contributed by atoms with Crippen molar-refractivity contribution in [1.82, 2.24) is 4.90 Å². The van der Waals surface area contributed by atoms with Gasteiger partial charge in [-0.25, -0.2) is 0 Å². The number of aryl methyl sites for hydroxylation is 1. The fourth-order valence-electron chi connectivity index (χ4n) is 5.64. The quantitative estimate of drug-likeness (QED) is 0.586. The summed E-state index contributed by atoms with van der Waals surface area (Å²) in [5, 5.41) is 0. The number of fused-ring (bicyclic) bond motifs is 5.